The van der Waals surface area contributed by atoms with Gasteiger partial charge in [0.25, 0.3) is 0 Å². The predicted molar refractivity (Wildman–Crippen MR) is 225 cm³/mol. The molecule has 3 nitrogen and oxygen atoms in total. The second-order valence-corrected chi connectivity index (χ2v) is 16.5. The number of para-hydroxylation sites is 2. The second-order valence-electron chi connectivity index (χ2n) is 13.7. The molecule has 0 saturated heterocycles. The van der Waals surface area contributed by atoms with Gasteiger partial charge in [-0.3, -0.25) is 0 Å². The van der Waals surface area contributed by atoms with E-state index in [0.29, 0.717) is 0 Å². The number of aryl methyl sites for hydroxylation is 1. The maximum absolute atomic E-state index is 6.47. The number of hydrogen-bond donors (Lipinski definition) is 0. The van der Waals surface area contributed by atoms with Crippen LogP contribution < -0.4 is 20.5 Å². The summed E-state index contributed by atoms with van der Waals surface area (Å²) in [4.78, 5) is 2.37. The van der Waals surface area contributed by atoms with E-state index in [9.17, 15) is 0 Å². The van der Waals surface area contributed by atoms with E-state index in [-0.39, 0.29) is 0 Å². The van der Waals surface area contributed by atoms with Crippen molar-refractivity contribution in [2.75, 3.05) is 4.90 Å². The van der Waals surface area contributed by atoms with E-state index in [1.165, 1.54) is 32.3 Å². The van der Waals surface area contributed by atoms with Gasteiger partial charge in [0.2, 0.25) is 0 Å². The van der Waals surface area contributed by atoms with Gasteiger partial charge in [0, 0.05) is 50.6 Å². The molecule has 53 heavy (non-hydrogen) atoms. The molecule has 0 fully saturated rings. The van der Waals surface area contributed by atoms with Crippen molar-refractivity contribution < 1.29 is 8.83 Å². The summed E-state index contributed by atoms with van der Waals surface area (Å²) in [7, 11) is -1.89. The fourth-order valence-electron chi connectivity index (χ4n) is 8.14. The van der Waals surface area contributed by atoms with Crippen LogP contribution in [0, 0.1) is 6.92 Å². The molecule has 10 rings (SSSR count). The summed E-state index contributed by atoms with van der Waals surface area (Å²) in [6, 6.07) is 67.6. The van der Waals surface area contributed by atoms with Gasteiger partial charge >= 0.3 is 0 Å². The Morgan fingerprint density at radius 1 is 0.415 bits per heavy atom. The Hall–Kier alpha value is -6.62. The number of benzene rings is 8. The number of rotatable bonds is 7. The van der Waals surface area contributed by atoms with Crippen LogP contribution in [0.2, 0.25) is 0 Å². The second kappa shape index (κ2) is 12.9. The summed E-state index contributed by atoms with van der Waals surface area (Å²) < 4.78 is 12.9. The zero-order valence-corrected chi connectivity index (χ0v) is 30.4. The maximum atomic E-state index is 6.47. The smallest absolute Gasteiger partial charge is 0.137 e. The van der Waals surface area contributed by atoms with Crippen LogP contribution >= 0.6 is 0 Å². The Labute approximate surface area is 309 Å². The van der Waals surface area contributed by atoms with Crippen LogP contribution in [0.5, 0.6) is 0 Å². The van der Waals surface area contributed by atoms with E-state index in [1.54, 1.807) is 0 Å². The molecule has 0 aliphatic carbocycles. The third-order valence-electron chi connectivity index (χ3n) is 10.5. The monoisotopic (exact) mass is 697 g/mol. The molecule has 0 atom stereocenters. The van der Waals surface area contributed by atoms with Gasteiger partial charge in [-0.2, -0.15) is 0 Å². The van der Waals surface area contributed by atoms with Crippen molar-refractivity contribution in [3.8, 4) is 11.1 Å². The highest BCUT2D eigenvalue weighted by atomic mass is 28.3. The zero-order chi connectivity index (χ0) is 35.3. The highest BCUT2D eigenvalue weighted by Gasteiger charge is 2.26. The Morgan fingerprint density at radius 2 is 0.906 bits per heavy atom. The Kier molecular flexibility index (Phi) is 7.55. The zero-order valence-electron chi connectivity index (χ0n) is 29.2. The molecule has 0 aliphatic rings. The van der Waals surface area contributed by atoms with Crippen LogP contribution in [0.4, 0.5) is 17.1 Å². The normalized spacial score (nSPS) is 11.7. The molecule has 0 saturated carbocycles. The highest BCUT2D eigenvalue weighted by molar-refractivity contribution is 6.96. The molecule has 252 valence electrons. The van der Waals surface area contributed by atoms with E-state index < -0.39 is 8.80 Å². The highest BCUT2D eigenvalue weighted by Crippen LogP contribution is 2.45. The van der Waals surface area contributed by atoms with Crippen molar-refractivity contribution in [2.45, 2.75) is 6.92 Å². The summed E-state index contributed by atoms with van der Waals surface area (Å²) in [6.45, 7) is 2.24. The van der Waals surface area contributed by atoms with E-state index in [4.69, 9.17) is 8.83 Å². The van der Waals surface area contributed by atoms with Crippen molar-refractivity contribution in [3.63, 3.8) is 0 Å². The number of anilines is 3. The van der Waals surface area contributed by atoms with Crippen LogP contribution in [-0.4, -0.2) is 8.80 Å². The van der Waals surface area contributed by atoms with Gasteiger partial charge in [-0.05, 0) is 65.7 Å². The fraction of sp³-hybridized carbons (Fsp3) is 0.0204. The summed E-state index contributed by atoms with van der Waals surface area (Å²) >= 11 is 0. The molecule has 10 aromatic rings. The molecule has 0 N–H and O–H groups in total. The standard InChI is InChI=1S/C49H35NO2Si/c1-33-15-14-23-43(49(33)42-22-10-13-26-48(42)53(36-16-4-2-5-17-36)37-18-6-3-7-19-37)50(34-27-29-40-38-20-8-11-24-44(38)51-46(40)31-34)35-28-30-41-39-21-9-12-25-45(39)52-47(41)32-35/h2-32,53H,1H3. The topological polar surface area (TPSA) is 29.5 Å². The molecule has 0 bridgehead atoms. The van der Waals surface area contributed by atoms with Gasteiger partial charge in [-0.1, -0.05) is 144 Å². The molecular formula is C49H35NO2Si. The van der Waals surface area contributed by atoms with Crippen LogP contribution in [0.25, 0.3) is 55.0 Å². The predicted octanol–water partition coefficient (Wildman–Crippen LogP) is 11.2. The third-order valence-corrected chi connectivity index (χ3v) is 13.8. The maximum Gasteiger partial charge on any atom is 0.137 e. The minimum Gasteiger partial charge on any atom is -0.456 e. The SMILES string of the molecule is Cc1cccc(N(c2ccc3c(c2)oc2ccccc23)c2ccc3c(c2)oc2ccccc23)c1-c1ccccc1[SiH](c1ccccc1)c1ccccc1. The van der Waals surface area contributed by atoms with Gasteiger partial charge < -0.3 is 13.7 Å². The van der Waals surface area contributed by atoms with Crippen LogP contribution in [-0.2, 0) is 0 Å². The quantitative estimate of drug-likeness (QED) is 0.123. The molecule has 0 radical (unpaired) electrons. The van der Waals surface area contributed by atoms with Crippen molar-refractivity contribution in [3.05, 3.63) is 194 Å². The van der Waals surface area contributed by atoms with Gasteiger partial charge in [0.1, 0.15) is 31.1 Å². The minimum absolute atomic E-state index is 0.855. The van der Waals surface area contributed by atoms with Gasteiger partial charge in [-0.25, -0.2) is 0 Å². The minimum atomic E-state index is -1.89. The van der Waals surface area contributed by atoms with Crippen LogP contribution in [0.3, 0.4) is 0 Å². The molecule has 0 amide bonds. The van der Waals surface area contributed by atoms with Gasteiger partial charge in [0.15, 0.2) is 0 Å². The van der Waals surface area contributed by atoms with Crippen molar-refractivity contribution in [1.29, 1.82) is 0 Å². The third kappa shape index (κ3) is 5.35. The van der Waals surface area contributed by atoms with Crippen molar-refractivity contribution in [2.24, 2.45) is 0 Å². The average molecular weight is 698 g/mol. The Bertz CT molecular complexity index is 2770. The summed E-state index contributed by atoms with van der Waals surface area (Å²) in [5.74, 6) is 0. The van der Waals surface area contributed by atoms with Gasteiger partial charge in [0.05, 0.1) is 5.69 Å². The first-order valence-corrected chi connectivity index (χ1v) is 19.9. The largest absolute Gasteiger partial charge is 0.456 e. The molecule has 8 aromatic carbocycles. The summed E-state index contributed by atoms with van der Waals surface area (Å²) in [6.07, 6.45) is 0. The molecule has 2 aromatic heterocycles. The molecule has 0 spiro atoms. The molecule has 4 heteroatoms. The van der Waals surface area contributed by atoms with Crippen LogP contribution in [0.15, 0.2) is 197 Å². The number of furan rings is 2. The van der Waals surface area contributed by atoms with Crippen molar-refractivity contribution in [1.82, 2.24) is 0 Å². The molecule has 0 aliphatic heterocycles. The van der Waals surface area contributed by atoms with Crippen LogP contribution in [0.1, 0.15) is 5.56 Å². The first-order chi connectivity index (χ1) is 26.2. The van der Waals surface area contributed by atoms with Crippen molar-refractivity contribution >= 4 is 85.3 Å². The lowest BCUT2D eigenvalue weighted by atomic mass is 9.96. The van der Waals surface area contributed by atoms with E-state index >= 15 is 0 Å². The van der Waals surface area contributed by atoms with E-state index in [0.717, 1.165) is 60.9 Å². The lowest BCUT2D eigenvalue weighted by Gasteiger charge is -2.30. The molecular weight excluding hydrogens is 663 g/mol. The first-order valence-electron chi connectivity index (χ1n) is 18.1. The lowest BCUT2D eigenvalue weighted by molar-refractivity contribution is 0.669. The van der Waals surface area contributed by atoms with E-state index in [1.807, 2.05) is 24.3 Å². The molecule has 2 heterocycles. The fourth-order valence-corrected chi connectivity index (χ4v) is 11.3. The number of nitrogens with zero attached hydrogens (tertiary/aromatic N) is 1. The first kappa shape index (κ1) is 31.1. The lowest BCUT2D eigenvalue weighted by Crippen LogP contribution is -2.52. The van der Waals surface area contributed by atoms with E-state index in [2.05, 4.69) is 176 Å². The summed E-state index contributed by atoms with van der Waals surface area (Å²) in [5, 5.41) is 8.62. The molecule has 0 unspecified atom stereocenters. The number of fused-ring (bicyclic) bond motifs is 6. The Morgan fingerprint density at radius 3 is 1.49 bits per heavy atom. The number of hydrogen-bond acceptors (Lipinski definition) is 3. The van der Waals surface area contributed by atoms with Gasteiger partial charge in [-0.15, -0.1) is 0 Å². The Balaban J connectivity index is 1.23. The average Bonchev–Trinajstić information content (AvgIpc) is 3.77. The summed E-state index contributed by atoms with van der Waals surface area (Å²) in [5.41, 5.74) is 10.3.